The Morgan fingerprint density at radius 3 is 2.43 bits per heavy atom. The highest BCUT2D eigenvalue weighted by Gasteiger charge is 2.16. The highest BCUT2D eigenvalue weighted by atomic mass is 19.3. The van der Waals surface area contributed by atoms with E-state index in [-0.39, 0.29) is 5.91 Å². The minimum Gasteiger partial charge on any atom is -0.321 e. The van der Waals surface area contributed by atoms with Crippen LogP contribution in [0.25, 0.3) is 11.1 Å². The molecule has 142 valence electrons. The Kier molecular flexibility index (Phi) is 5.27. The predicted octanol–water partition coefficient (Wildman–Crippen LogP) is 4.65. The number of hydrogen-bond donors (Lipinski definition) is 1. The summed E-state index contributed by atoms with van der Waals surface area (Å²) >= 11 is 0. The molecule has 0 spiro atoms. The van der Waals surface area contributed by atoms with Gasteiger partial charge in [-0.2, -0.15) is 13.9 Å². The average molecular weight is 379 g/mol. The summed E-state index contributed by atoms with van der Waals surface area (Å²) in [5.74, 6) is 1.10. The van der Waals surface area contributed by atoms with Crippen LogP contribution in [0, 0.1) is 18.8 Å². The number of para-hydroxylation sites is 1. The van der Waals surface area contributed by atoms with Crippen molar-refractivity contribution in [1.29, 1.82) is 0 Å². The second-order valence-electron chi connectivity index (χ2n) is 6.52. The molecule has 3 aromatic rings. The largest absolute Gasteiger partial charge is 0.321 e. The van der Waals surface area contributed by atoms with Crippen LogP contribution in [0.5, 0.6) is 0 Å². The maximum Gasteiger partial charge on any atom is 0.305 e. The van der Waals surface area contributed by atoms with Gasteiger partial charge in [0.2, 0.25) is 0 Å². The summed E-state index contributed by atoms with van der Waals surface area (Å²) in [4.78, 5) is 12.6. The number of benzene rings is 2. The summed E-state index contributed by atoms with van der Waals surface area (Å²) in [5.41, 5.74) is 3.95. The molecule has 0 saturated heterocycles. The van der Waals surface area contributed by atoms with Crippen molar-refractivity contribution in [3.05, 3.63) is 71.5 Å². The zero-order valence-corrected chi connectivity index (χ0v) is 15.8. The first-order valence-corrected chi connectivity index (χ1v) is 8.65. The minimum absolute atomic E-state index is 0.245. The Morgan fingerprint density at radius 2 is 1.82 bits per heavy atom. The summed E-state index contributed by atoms with van der Waals surface area (Å²) in [5, 5.41) is 7.11. The molecule has 1 heterocycles. The summed E-state index contributed by atoms with van der Waals surface area (Å²) < 4.78 is 27.3. The lowest BCUT2D eigenvalue weighted by atomic mass is 10.0. The van der Waals surface area contributed by atoms with Crippen LogP contribution in [-0.4, -0.2) is 21.6 Å². The lowest BCUT2D eigenvalue weighted by Gasteiger charge is -2.11. The Morgan fingerprint density at radius 1 is 1.14 bits per heavy atom. The Hall–Kier alpha value is -3.46. The van der Waals surface area contributed by atoms with Gasteiger partial charge in [-0.05, 0) is 36.6 Å². The van der Waals surface area contributed by atoms with Crippen LogP contribution in [0.3, 0.4) is 0 Å². The lowest BCUT2D eigenvalue weighted by molar-refractivity contribution is 0.0889. The zero-order chi connectivity index (χ0) is 20.3. The molecule has 3 rings (SSSR count). The number of aryl methyl sites for hydroxylation is 2. The normalized spacial score (nSPS) is 10.9. The molecule has 0 fully saturated rings. The molecule has 4 nitrogen and oxygen atoms in total. The molecule has 0 atom stereocenters. The van der Waals surface area contributed by atoms with Crippen LogP contribution in [0.4, 0.5) is 14.5 Å². The number of anilines is 1. The van der Waals surface area contributed by atoms with E-state index >= 15 is 0 Å². The number of amides is 1. The van der Waals surface area contributed by atoms with Gasteiger partial charge in [0, 0.05) is 37.0 Å². The molecule has 0 unspecified atom stereocenters. The quantitative estimate of drug-likeness (QED) is 0.673. The first-order valence-electron chi connectivity index (χ1n) is 8.65. The first kappa shape index (κ1) is 19.3. The zero-order valence-electron chi connectivity index (χ0n) is 15.8. The van der Waals surface area contributed by atoms with Crippen molar-refractivity contribution in [2.24, 2.45) is 7.05 Å². The second kappa shape index (κ2) is 7.65. The molecular formula is C22H19F2N3O. The standard InChI is InChI=1S/C22H19F2N3O/c1-15-19(14-27(3)26-15)21(28)25-20-7-5-4-6-18(20)17-10-8-16(9-11-17)12-13-22(2,23)24/h4-11,14H,1-3H3,(H,25,28). The number of halogens is 2. The van der Waals surface area contributed by atoms with E-state index in [1.54, 1.807) is 49.1 Å². The lowest BCUT2D eigenvalue weighted by Crippen LogP contribution is -2.13. The highest BCUT2D eigenvalue weighted by Crippen LogP contribution is 2.28. The summed E-state index contributed by atoms with van der Waals surface area (Å²) in [6.07, 6.45) is 1.67. The minimum atomic E-state index is -3.03. The number of nitrogens with zero attached hydrogens (tertiary/aromatic N) is 2. The van der Waals surface area contributed by atoms with Gasteiger partial charge in [0.05, 0.1) is 11.3 Å². The summed E-state index contributed by atoms with van der Waals surface area (Å²) in [6.45, 7) is 2.54. The van der Waals surface area contributed by atoms with Gasteiger partial charge in [0.1, 0.15) is 0 Å². The van der Waals surface area contributed by atoms with Gasteiger partial charge in [-0.25, -0.2) is 0 Å². The van der Waals surface area contributed by atoms with Crippen molar-refractivity contribution < 1.29 is 13.6 Å². The third-order valence-electron chi connectivity index (χ3n) is 4.06. The fourth-order valence-corrected chi connectivity index (χ4v) is 2.77. The SMILES string of the molecule is Cc1nn(C)cc1C(=O)Nc1ccccc1-c1ccc(C#CC(C)(F)F)cc1. The molecule has 1 amide bonds. The Balaban J connectivity index is 1.87. The van der Waals surface area contributed by atoms with Crippen molar-refractivity contribution >= 4 is 11.6 Å². The van der Waals surface area contributed by atoms with Crippen LogP contribution in [0.2, 0.25) is 0 Å². The van der Waals surface area contributed by atoms with E-state index in [0.29, 0.717) is 22.5 Å². The van der Waals surface area contributed by atoms with E-state index in [2.05, 4.69) is 16.3 Å². The summed E-state index contributed by atoms with van der Waals surface area (Å²) in [6, 6.07) is 14.3. The van der Waals surface area contributed by atoms with Crippen molar-refractivity contribution in [2.75, 3.05) is 5.32 Å². The monoisotopic (exact) mass is 379 g/mol. The molecule has 0 aliphatic rings. The van der Waals surface area contributed by atoms with Crippen molar-refractivity contribution in [2.45, 2.75) is 19.8 Å². The molecule has 1 N–H and O–H groups in total. The number of rotatable bonds is 3. The molecule has 0 saturated carbocycles. The Labute approximate surface area is 162 Å². The first-order chi connectivity index (χ1) is 13.2. The molecule has 0 radical (unpaired) electrons. The van der Waals surface area contributed by atoms with E-state index in [1.807, 2.05) is 30.2 Å². The van der Waals surface area contributed by atoms with Gasteiger partial charge in [0.25, 0.3) is 5.91 Å². The predicted molar refractivity (Wildman–Crippen MR) is 105 cm³/mol. The molecule has 0 bridgehead atoms. The fourth-order valence-electron chi connectivity index (χ4n) is 2.77. The topological polar surface area (TPSA) is 46.9 Å². The van der Waals surface area contributed by atoms with Crippen LogP contribution in [0.1, 0.15) is 28.5 Å². The molecule has 0 aliphatic heterocycles. The van der Waals surface area contributed by atoms with Crippen LogP contribution >= 0.6 is 0 Å². The molecule has 6 heteroatoms. The third kappa shape index (κ3) is 4.63. The maximum atomic E-state index is 12.9. The number of alkyl halides is 2. The third-order valence-corrected chi connectivity index (χ3v) is 4.06. The van der Waals surface area contributed by atoms with E-state index in [4.69, 9.17) is 0 Å². The van der Waals surface area contributed by atoms with Crippen LogP contribution < -0.4 is 5.32 Å². The van der Waals surface area contributed by atoms with Gasteiger partial charge in [0.15, 0.2) is 0 Å². The molecule has 28 heavy (non-hydrogen) atoms. The van der Waals surface area contributed by atoms with Gasteiger partial charge in [-0.3, -0.25) is 9.48 Å². The van der Waals surface area contributed by atoms with E-state index < -0.39 is 5.92 Å². The van der Waals surface area contributed by atoms with E-state index in [0.717, 1.165) is 18.1 Å². The van der Waals surface area contributed by atoms with Gasteiger partial charge < -0.3 is 5.32 Å². The molecule has 0 aliphatic carbocycles. The fraction of sp³-hybridized carbons (Fsp3) is 0.182. The smallest absolute Gasteiger partial charge is 0.305 e. The highest BCUT2D eigenvalue weighted by molar-refractivity contribution is 6.06. The number of carbonyl (C=O) groups is 1. The number of carbonyl (C=O) groups excluding carboxylic acids is 1. The van der Waals surface area contributed by atoms with Gasteiger partial charge in [-0.1, -0.05) is 36.3 Å². The van der Waals surface area contributed by atoms with Crippen LogP contribution in [-0.2, 0) is 7.05 Å². The van der Waals surface area contributed by atoms with Gasteiger partial charge in [-0.15, -0.1) is 0 Å². The second-order valence-corrected chi connectivity index (χ2v) is 6.52. The summed E-state index contributed by atoms with van der Waals surface area (Å²) in [7, 11) is 1.76. The van der Waals surface area contributed by atoms with Gasteiger partial charge >= 0.3 is 5.92 Å². The number of aromatic nitrogens is 2. The molecule has 1 aromatic heterocycles. The van der Waals surface area contributed by atoms with Crippen LogP contribution in [0.15, 0.2) is 54.7 Å². The van der Waals surface area contributed by atoms with Crippen molar-refractivity contribution in [3.63, 3.8) is 0 Å². The Bertz CT molecular complexity index is 1070. The maximum absolute atomic E-state index is 12.9. The number of hydrogen-bond acceptors (Lipinski definition) is 2. The average Bonchev–Trinajstić information content (AvgIpc) is 2.99. The molecular weight excluding hydrogens is 360 g/mol. The number of nitrogens with one attached hydrogen (secondary N) is 1. The van der Waals surface area contributed by atoms with Crippen molar-refractivity contribution in [1.82, 2.24) is 9.78 Å². The van der Waals surface area contributed by atoms with E-state index in [9.17, 15) is 13.6 Å². The molecule has 2 aromatic carbocycles. The van der Waals surface area contributed by atoms with Crippen molar-refractivity contribution in [3.8, 4) is 23.0 Å². The van der Waals surface area contributed by atoms with E-state index in [1.165, 1.54) is 0 Å².